The maximum absolute atomic E-state index is 13.5. The second kappa shape index (κ2) is 10.5. The van der Waals surface area contributed by atoms with Gasteiger partial charge in [-0.1, -0.05) is 53.7 Å². The highest BCUT2D eigenvalue weighted by atomic mass is 35.5. The van der Waals surface area contributed by atoms with Gasteiger partial charge in [0.1, 0.15) is 11.1 Å². The Morgan fingerprint density at radius 3 is 2.43 bits per heavy atom. The first-order chi connectivity index (χ1) is 17.7. The Morgan fingerprint density at radius 1 is 1.08 bits per heavy atom. The number of benzene rings is 3. The molecule has 3 aromatic carbocycles. The average Bonchev–Trinajstić information content (AvgIpc) is 3.43. The normalized spacial score (nSPS) is 19.1. The van der Waals surface area contributed by atoms with Crippen LogP contribution in [0.2, 0.25) is 5.02 Å². The van der Waals surface area contributed by atoms with Crippen molar-refractivity contribution in [3.63, 3.8) is 0 Å². The van der Waals surface area contributed by atoms with Crippen molar-refractivity contribution in [1.82, 2.24) is 5.01 Å². The fraction of sp³-hybridized carbons (Fsp3) is 0.214. The van der Waals surface area contributed by atoms with Crippen molar-refractivity contribution in [2.45, 2.75) is 38.0 Å². The number of halogens is 2. The topological polar surface area (TPSA) is 74.1 Å². The summed E-state index contributed by atoms with van der Waals surface area (Å²) in [6, 6.07) is 19.2. The number of carbonyl (C=O) groups excluding carboxylic acids is 2. The zero-order chi connectivity index (χ0) is 26.1. The largest absolute Gasteiger partial charge is 0.326 e. The molecular weight excluding hydrogens is 511 g/mol. The summed E-state index contributed by atoms with van der Waals surface area (Å²) in [5.41, 5.74) is 5.30. The van der Waals surface area contributed by atoms with Gasteiger partial charge in [0.25, 0.3) is 5.91 Å². The third kappa shape index (κ3) is 5.76. The number of amidine groups is 1. The zero-order valence-electron chi connectivity index (χ0n) is 20.2. The number of hydrogen-bond donors (Lipinski definition) is 1. The number of aliphatic imine (C=N–C) groups is 1. The number of hydrogen-bond acceptors (Lipinski definition) is 5. The van der Waals surface area contributed by atoms with Crippen LogP contribution in [-0.4, -0.2) is 33.0 Å². The van der Waals surface area contributed by atoms with Crippen molar-refractivity contribution in [2.75, 3.05) is 5.32 Å². The second-order valence-electron chi connectivity index (χ2n) is 9.14. The van der Waals surface area contributed by atoms with E-state index >= 15 is 0 Å². The third-order valence-electron chi connectivity index (χ3n) is 6.14. The van der Waals surface area contributed by atoms with Gasteiger partial charge in [-0.3, -0.25) is 9.59 Å². The van der Waals surface area contributed by atoms with Gasteiger partial charge < -0.3 is 5.32 Å². The predicted octanol–water partition coefficient (Wildman–Crippen LogP) is 6.27. The molecule has 2 atom stereocenters. The molecule has 188 valence electrons. The van der Waals surface area contributed by atoms with E-state index in [1.165, 1.54) is 23.9 Å². The van der Waals surface area contributed by atoms with E-state index in [0.717, 1.165) is 28.0 Å². The van der Waals surface area contributed by atoms with Crippen molar-refractivity contribution in [3.8, 4) is 0 Å². The Morgan fingerprint density at radius 2 is 1.76 bits per heavy atom. The van der Waals surface area contributed by atoms with Crippen molar-refractivity contribution in [2.24, 2.45) is 10.1 Å². The van der Waals surface area contributed by atoms with E-state index < -0.39 is 5.25 Å². The van der Waals surface area contributed by atoms with E-state index in [1.54, 1.807) is 29.3 Å². The highest BCUT2D eigenvalue weighted by Gasteiger charge is 2.39. The molecular formula is C28H24ClFN4O2S. The van der Waals surface area contributed by atoms with Gasteiger partial charge >= 0.3 is 0 Å². The van der Waals surface area contributed by atoms with Gasteiger partial charge in [0.15, 0.2) is 5.17 Å². The third-order valence-corrected chi connectivity index (χ3v) is 7.54. The highest BCUT2D eigenvalue weighted by Crippen LogP contribution is 2.39. The molecule has 2 aliphatic heterocycles. The van der Waals surface area contributed by atoms with E-state index in [9.17, 15) is 14.0 Å². The number of carbonyl (C=O) groups is 2. The van der Waals surface area contributed by atoms with Gasteiger partial charge in [0.05, 0.1) is 11.8 Å². The average molecular weight is 535 g/mol. The lowest BCUT2D eigenvalue weighted by Gasteiger charge is -2.23. The molecule has 0 aromatic heterocycles. The van der Waals surface area contributed by atoms with E-state index in [2.05, 4.69) is 10.3 Å². The first-order valence-corrected chi connectivity index (χ1v) is 13.1. The van der Waals surface area contributed by atoms with Crippen LogP contribution in [0.1, 0.15) is 41.1 Å². The molecule has 2 amide bonds. The summed E-state index contributed by atoms with van der Waals surface area (Å²) in [4.78, 5) is 29.8. The second-order valence-corrected chi connectivity index (χ2v) is 10.7. The van der Waals surface area contributed by atoms with Crippen molar-refractivity contribution < 1.29 is 14.0 Å². The number of amides is 2. The van der Waals surface area contributed by atoms with Crippen LogP contribution in [0.15, 0.2) is 76.8 Å². The Bertz CT molecular complexity index is 1400. The fourth-order valence-electron chi connectivity index (χ4n) is 4.48. The Labute approximate surface area is 223 Å². The molecule has 9 heteroatoms. The van der Waals surface area contributed by atoms with Crippen molar-refractivity contribution in [1.29, 1.82) is 0 Å². The van der Waals surface area contributed by atoms with Gasteiger partial charge in [-0.05, 0) is 72.5 Å². The SMILES string of the molecule is Cc1cc(C)cc(NC(=O)CC2SC(N3N=C(c4ccc(F)cc4)CC3c3ccc(Cl)cc3)=NC2=O)c1. The zero-order valence-corrected chi connectivity index (χ0v) is 21.8. The minimum absolute atomic E-state index is 0.00251. The smallest absolute Gasteiger partial charge is 0.262 e. The minimum atomic E-state index is -0.642. The number of nitrogens with zero attached hydrogens (tertiary/aromatic N) is 3. The lowest BCUT2D eigenvalue weighted by Crippen LogP contribution is -2.25. The summed E-state index contributed by atoms with van der Waals surface area (Å²) in [6.07, 6.45) is 0.538. The van der Waals surface area contributed by atoms with Crippen molar-refractivity contribution >= 4 is 51.7 Å². The molecule has 0 fully saturated rings. The van der Waals surface area contributed by atoms with E-state index in [4.69, 9.17) is 16.7 Å². The standard InChI is InChI=1S/C28H24ClFN4O2S/c1-16-11-17(2)13-22(12-16)31-26(35)15-25-27(36)32-28(37-25)34-24(19-3-7-20(29)8-4-19)14-23(33-34)18-5-9-21(30)10-6-18/h3-13,24-25H,14-15H2,1-2H3,(H,31,35). The van der Waals surface area contributed by atoms with Crippen molar-refractivity contribution in [3.05, 3.63) is 99.8 Å². The molecule has 0 bridgehead atoms. The van der Waals surface area contributed by atoms with E-state index in [0.29, 0.717) is 22.3 Å². The van der Waals surface area contributed by atoms with Crippen LogP contribution < -0.4 is 5.32 Å². The molecule has 6 nitrogen and oxygen atoms in total. The quantitative estimate of drug-likeness (QED) is 0.418. The lowest BCUT2D eigenvalue weighted by atomic mass is 9.99. The summed E-state index contributed by atoms with van der Waals surface area (Å²) in [5, 5.41) is 9.80. The maximum atomic E-state index is 13.5. The van der Waals surface area contributed by atoms with Crippen LogP contribution in [0, 0.1) is 19.7 Å². The summed E-state index contributed by atoms with van der Waals surface area (Å²) in [6.45, 7) is 3.93. The number of thioether (sulfide) groups is 1. The molecule has 2 unspecified atom stereocenters. The van der Waals surface area contributed by atoms with Gasteiger partial charge in [-0.2, -0.15) is 10.1 Å². The maximum Gasteiger partial charge on any atom is 0.262 e. The van der Waals surface area contributed by atoms with Crippen LogP contribution in [0.4, 0.5) is 10.1 Å². The molecule has 0 radical (unpaired) electrons. The number of nitrogens with one attached hydrogen (secondary N) is 1. The molecule has 3 aromatic rings. The molecule has 0 saturated heterocycles. The Balaban J connectivity index is 1.35. The lowest BCUT2D eigenvalue weighted by molar-refractivity contribution is -0.121. The minimum Gasteiger partial charge on any atom is -0.326 e. The highest BCUT2D eigenvalue weighted by molar-refractivity contribution is 8.15. The summed E-state index contributed by atoms with van der Waals surface area (Å²) in [7, 11) is 0. The number of aryl methyl sites for hydroxylation is 2. The molecule has 0 aliphatic carbocycles. The van der Waals surface area contributed by atoms with Gasteiger partial charge in [0.2, 0.25) is 5.91 Å². The summed E-state index contributed by atoms with van der Waals surface area (Å²) < 4.78 is 13.5. The summed E-state index contributed by atoms with van der Waals surface area (Å²) >= 11 is 7.33. The Kier molecular flexibility index (Phi) is 7.13. The van der Waals surface area contributed by atoms with Crippen LogP contribution >= 0.6 is 23.4 Å². The van der Waals surface area contributed by atoms with Crippen LogP contribution in [-0.2, 0) is 9.59 Å². The van der Waals surface area contributed by atoms with Crippen LogP contribution in [0.5, 0.6) is 0 Å². The molecule has 0 spiro atoms. The van der Waals surface area contributed by atoms with E-state index in [-0.39, 0.29) is 30.1 Å². The Hall–Kier alpha value is -3.49. The number of rotatable bonds is 5. The van der Waals surface area contributed by atoms with Gasteiger partial charge in [0, 0.05) is 23.6 Å². The fourth-order valence-corrected chi connectivity index (χ4v) is 5.67. The van der Waals surface area contributed by atoms with Gasteiger partial charge in [-0.15, -0.1) is 0 Å². The number of hydrazone groups is 1. The predicted molar refractivity (Wildman–Crippen MR) is 147 cm³/mol. The first-order valence-electron chi connectivity index (χ1n) is 11.8. The molecule has 1 N–H and O–H groups in total. The molecule has 2 heterocycles. The number of anilines is 1. The summed E-state index contributed by atoms with van der Waals surface area (Å²) in [5.74, 6) is -0.939. The van der Waals surface area contributed by atoms with Gasteiger partial charge in [-0.25, -0.2) is 9.40 Å². The monoisotopic (exact) mass is 534 g/mol. The van der Waals surface area contributed by atoms with E-state index in [1.807, 2.05) is 44.2 Å². The van der Waals surface area contributed by atoms with Crippen LogP contribution in [0.25, 0.3) is 0 Å². The molecule has 0 saturated carbocycles. The van der Waals surface area contributed by atoms with Crippen LogP contribution in [0.3, 0.4) is 0 Å². The molecule has 5 rings (SSSR count). The first kappa shape index (κ1) is 25.2. The molecule has 2 aliphatic rings. The molecule has 37 heavy (non-hydrogen) atoms.